The summed E-state index contributed by atoms with van der Waals surface area (Å²) in [7, 11) is 0. The number of carbonyl (C=O) groups is 2. The topological polar surface area (TPSA) is 110 Å². The number of non-ortho nitro benzene ring substituents is 1. The summed E-state index contributed by atoms with van der Waals surface area (Å²) in [6, 6.07) is 6.64. The number of nitrogens with zero attached hydrogens (tertiary/aromatic N) is 1. The van der Waals surface area contributed by atoms with E-state index in [0.717, 1.165) is 12.1 Å². The van der Waals surface area contributed by atoms with Crippen LogP contribution in [0.3, 0.4) is 0 Å². The second kappa shape index (κ2) is 6.59. The Morgan fingerprint density at radius 2 is 1.80 bits per heavy atom. The quantitative estimate of drug-likeness (QED) is 0.644. The predicted octanol–water partition coefficient (Wildman–Crippen LogP) is 3.56. The van der Waals surface area contributed by atoms with Gasteiger partial charge in [0.05, 0.1) is 21.6 Å². The molecule has 0 saturated carbocycles. The molecule has 2 rings (SSSR count). The fourth-order valence-electron chi connectivity index (χ4n) is 2.01. The van der Waals surface area contributed by atoms with Gasteiger partial charge in [0.15, 0.2) is 0 Å². The molecule has 0 aliphatic rings. The van der Waals surface area contributed by atoms with Crippen molar-refractivity contribution in [3.8, 4) is 0 Å². The van der Waals surface area contributed by atoms with Gasteiger partial charge in [-0.2, -0.15) is 13.2 Å². The third-order valence-electron chi connectivity index (χ3n) is 3.13. The number of benzene rings is 2. The number of amides is 1. The zero-order valence-electron chi connectivity index (χ0n) is 12.2. The van der Waals surface area contributed by atoms with Crippen molar-refractivity contribution < 1.29 is 32.8 Å². The molecule has 2 aromatic carbocycles. The largest absolute Gasteiger partial charge is 0.478 e. The zero-order chi connectivity index (χ0) is 18.8. The highest BCUT2D eigenvalue weighted by Gasteiger charge is 2.37. The molecule has 0 bridgehead atoms. The minimum Gasteiger partial charge on any atom is -0.478 e. The fourth-order valence-corrected chi connectivity index (χ4v) is 2.01. The maximum absolute atomic E-state index is 13.1. The molecule has 0 spiro atoms. The molecule has 7 nitrogen and oxygen atoms in total. The number of carboxylic acid groups (broad SMARTS) is 1. The molecule has 0 aliphatic carbocycles. The summed E-state index contributed by atoms with van der Waals surface area (Å²) in [4.78, 5) is 32.6. The summed E-state index contributed by atoms with van der Waals surface area (Å²) in [5.74, 6) is -2.45. The first kappa shape index (κ1) is 17.9. The summed E-state index contributed by atoms with van der Waals surface area (Å²) in [6.45, 7) is 0. The van der Waals surface area contributed by atoms with Gasteiger partial charge in [-0.15, -0.1) is 0 Å². The van der Waals surface area contributed by atoms with E-state index in [4.69, 9.17) is 5.11 Å². The van der Waals surface area contributed by atoms with E-state index in [1.165, 1.54) is 18.2 Å². The number of nitrogens with one attached hydrogen (secondary N) is 1. The van der Waals surface area contributed by atoms with Crippen LogP contribution in [0.15, 0.2) is 42.5 Å². The molecule has 0 fully saturated rings. The van der Waals surface area contributed by atoms with E-state index in [1.54, 1.807) is 0 Å². The average Bonchev–Trinajstić information content (AvgIpc) is 2.53. The van der Waals surface area contributed by atoms with Crippen molar-refractivity contribution >= 4 is 23.3 Å². The van der Waals surface area contributed by atoms with Gasteiger partial charge in [0.1, 0.15) is 0 Å². The Kier molecular flexibility index (Phi) is 4.72. The Hall–Kier alpha value is -3.43. The van der Waals surface area contributed by atoms with Crippen molar-refractivity contribution in [1.29, 1.82) is 0 Å². The standard InChI is InChI=1S/C15H9F3N2O5/c16-15(17,18)12-7-10(20(24)25)4-5-11(12)13(21)19-9-3-1-2-8(6-9)14(22)23/h1-7H,(H,19,21)(H,22,23). The smallest absolute Gasteiger partial charge is 0.417 e. The van der Waals surface area contributed by atoms with Crippen LogP contribution in [0, 0.1) is 10.1 Å². The Morgan fingerprint density at radius 3 is 2.36 bits per heavy atom. The molecule has 0 radical (unpaired) electrons. The maximum Gasteiger partial charge on any atom is 0.417 e. The second-order valence-electron chi connectivity index (χ2n) is 4.82. The van der Waals surface area contributed by atoms with Crippen molar-refractivity contribution in [2.45, 2.75) is 6.18 Å². The summed E-state index contributed by atoms with van der Waals surface area (Å²) in [5, 5.41) is 21.6. The number of hydrogen-bond acceptors (Lipinski definition) is 4. The number of carbonyl (C=O) groups excluding carboxylic acids is 1. The second-order valence-corrected chi connectivity index (χ2v) is 4.82. The fraction of sp³-hybridized carbons (Fsp3) is 0.0667. The molecular formula is C15H9F3N2O5. The van der Waals surface area contributed by atoms with Gasteiger partial charge in [-0.25, -0.2) is 4.79 Å². The minimum atomic E-state index is -4.98. The molecular weight excluding hydrogens is 345 g/mol. The molecule has 0 aliphatic heterocycles. The molecule has 1 amide bonds. The Balaban J connectivity index is 2.40. The SMILES string of the molecule is O=C(O)c1cccc(NC(=O)c2ccc([N+](=O)[O-])cc2C(F)(F)F)c1. The molecule has 2 N–H and O–H groups in total. The van der Waals surface area contributed by atoms with Crippen LogP contribution in [-0.4, -0.2) is 21.9 Å². The highest BCUT2D eigenvalue weighted by Crippen LogP contribution is 2.34. The van der Waals surface area contributed by atoms with E-state index in [0.29, 0.717) is 6.07 Å². The number of rotatable bonds is 4. The highest BCUT2D eigenvalue weighted by atomic mass is 19.4. The number of nitro groups is 1. The first-order valence-corrected chi connectivity index (χ1v) is 6.60. The van der Waals surface area contributed by atoms with Crippen LogP contribution in [-0.2, 0) is 6.18 Å². The van der Waals surface area contributed by atoms with E-state index < -0.39 is 39.8 Å². The molecule has 2 aromatic rings. The van der Waals surface area contributed by atoms with Crippen molar-refractivity contribution in [3.05, 3.63) is 69.3 Å². The number of aromatic carboxylic acids is 1. The summed E-state index contributed by atoms with van der Waals surface area (Å²) in [6.07, 6.45) is -4.98. The van der Waals surface area contributed by atoms with Crippen LogP contribution in [0.2, 0.25) is 0 Å². The summed E-state index contributed by atoms with van der Waals surface area (Å²) >= 11 is 0. The minimum absolute atomic E-state index is 0.0311. The van der Waals surface area contributed by atoms with Gasteiger partial charge in [0.25, 0.3) is 11.6 Å². The van der Waals surface area contributed by atoms with Gasteiger partial charge < -0.3 is 10.4 Å². The maximum atomic E-state index is 13.1. The monoisotopic (exact) mass is 354 g/mol. The normalized spacial score (nSPS) is 11.0. The summed E-state index contributed by atoms with van der Waals surface area (Å²) in [5.41, 5.74) is -3.29. The number of halogens is 3. The lowest BCUT2D eigenvalue weighted by molar-refractivity contribution is -0.385. The van der Waals surface area contributed by atoms with Gasteiger partial charge in [0.2, 0.25) is 0 Å². The molecule has 0 unspecified atom stereocenters. The molecule has 0 heterocycles. The Labute approximate surface area is 137 Å². The van der Waals surface area contributed by atoms with Crippen LogP contribution >= 0.6 is 0 Å². The molecule has 0 atom stereocenters. The van der Waals surface area contributed by atoms with E-state index in [-0.39, 0.29) is 17.3 Å². The number of alkyl halides is 3. The van der Waals surface area contributed by atoms with E-state index in [9.17, 15) is 32.9 Å². The van der Waals surface area contributed by atoms with Gasteiger partial charge in [0, 0.05) is 17.8 Å². The van der Waals surface area contributed by atoms with Crippen LogP contribution in [0.5, 0.6) is 0 Å². The summed E-state index contributed by atoms with van der Waals surface area (Å²) < 4.78 is 39.2. The van der Waals surface area contributed by atoms with E-state index in [2.05, 4.69) is 5.32 Å². The van der Waals surface area contributed by atoms with E-state index in [1.807, 2.05) is 0 Å². The lowest BCUT2D eigenvalue weighted by Crippen LogP contribution is -2.19. The first-order chi connectivity index (χ1) is 11.6. The molecule has 0 aromatic heterocycles. The Morgan fingerprint density at radius 1 is 1.12 bits per heavy atom. The number of carboxylic acids is 1. The van der Waals surface area contributed by atoms with Crippen molar-refractivity contribution in [2.24, 2.45) is 0 Å². The Bertz CT molecular complexity index is 864. The van der Waals surface area contributed by atoms with Gasteiger partial charge in [-0.1, -0.05) is 6.07 Å². The number of hydrogen-bond donors (Lipinski definition) is 2. The highest BCUT2D eigenvalue weighted by molar-refractivity contribution is 6.06. The van der Waals surface area contributed by atoms with Crippen LogP contribution in [0.4, 0.5) is 24.5 Å². The molecule has 25 heavy (non-hydrogen) atoms. The van der Waals surface area contributed by atoms with Crippen molar-refractivity contribution in [3.63, 3.8) is 0 Å². The number of anilines is 1. The van der Waals surface area contributed by atoms with E-state index >= 15 is 0 Å². The van der Waals surface area contributed by atoms with Gasteiger partial charge >= 0.3 is 12.1 Å². The lowest BCUT2D eigenvalue weighted by Gasteiger charge is -2.13. The van der Waals surface area contributed by atoms with Crippen LogP contribution < -0.4 is 5.32 Å². The molecule has 130 valence electrons. The third-order valence-corrected chi connectivity index (χ3v) is 3.13. The van der Waals surface area contributed by atoms with Crippen LogP contribution in [0.25, 0.3) is 0 Å². The van der Waals surface area contributed by atoms with Crippen LogP contribution in [0.1, 0.15) is 26.3 Å². The van der Waals surface area contributed by atoms with Gasteiger partial charge in [-0.3, -0.25) is 14.9 Å². The zero-order valence-corrected chi connectivity index (χ0v) is 12.2. The predicted molar refractivity (Wildman–Crippen MR) is 79.5 cm³/mol. The average molecular weight is 354 g/mol. The van der Waals surface area contributed by atoms with Gasteiger partial charge in [-0.05, 0) is 24.3 Å². The lowest BCUT2D eigenvalue weighted by atomic mass is 10.0. The molecule has 10 heteroatoms. The van der Waals surface area contributed by atoms with Crippen molar-refractivity contribution in [2.75, 3.05) is 5.32 Å². The number of nitro benzene ring substituents is 1. The third kappa shape index (κ3) is 4.10. The first-order valence-electron chi connectivity index (χ1n) is 6.60. The van der Waals surface area contributed by atoms with Crippen molar-refractivity contribution in [1.82, 2.24) is 0 Å². The molecule has 0 saturated heterocycles.